The molecule has 4 aromatic rings. The van der Waals surface area contributed by atoms with Crippen LogP contribution in [-0.4, -0.2) is 38.8 Å². The van der Waals surface area contributed by atoms with Crippen LogP contribution >= 0.6 is 0 Å². The van der Waals surface area contributed by atoms with Gasteiger partial charge in [0.15, 0.2) is 23.3 Å². The van der Waals surface area contributed by atoms with Crippen molar-refractivity contribution in [1.82, 2.24) is 19.9 Å². The molecule has 0 bridgehead atoms. The van der Waals surface area contributed by atoms with Crippen LogP contribution in [0.4, 0.5) is 17.6 Å². The van der Waals surface area contributed by atoms with E-state index in [1.54, 1.807) is 4.68 Å². The lowest BCUT2D eigenvalue weighted by atomic mass is 10.1. The standard InChI is InChI=1S/C8H6F4.C8H10.C7H7N3.C5H7NO2/c1-3-5(9)7(11)4(2)8(12)6(3)10;1-7-3-5-8(2)6-4-7;1-10-7-5-3-2-4-6(7)8-9-10;1-6-4(7)2-3-5(6)8/h1-2H3;3-6H,1-2H3;2-5H,1H3;2-3H2,1H3. The summed E-state index contributed by atoms with van der Waals surface area (Å²) in [5.74, 6) is -5.43. The minimum absolute atomic E-state index is 0.0602. The zero-order valence-corrected chi connectivity index (χ0v) is 22.2. The average Bonchev–Trinajstić information content (AvgIpc) is 3.44. The molecule has 202 valence electrons. The molecule has 0 N–H and O–H groups in total. The Kier molecular flexibility index (Phi) is 10.7. The predicted octanol–water partition coefficient (Wildman–Crippen LogP) is 5.90. The third-order valence-electron chi connectivity index (χ3n) is 5.74. The van der Waals surface area contributed by atoms with Gasteiger partial charge >= 0.3 is 0 Å². The molecular formula is C28H30F4N4O2. The van der Waals surface area contributed by atoms with E-state index in [1.807, 2.05) is 31.3 Å². The Balaban J connectivity index is 0.000000180. The molecule has 0 radical (unpaired) electrons. The summed E-state index contributed by atoms with van der Waals surface area (Å²) in [5.41, 5.74) is 3.42. The summed E-state index contributed by atoms with van der Waals surface area (Å²) in [4.78, 5) is 22.1. The van der Waals surface area contributed by atoms with Crippen molar-refractivity contribution in [3.8, 4) is 0 Å². The lowest BCUT2D eigenvalue weighted by Gasteiger charge is -2.04. The highest BCUT2D eigenvalue weighted by Crippen LogP contribution is 2.22. The molecule has 2 amide bonds. The molecule has 10 heteroatoms. The zero-order valence-electron chi connectivity index (χ0n) is 22.2. The number of carbonyl (C=O) groups is 2. The number of para-hydroxylation sites is 1. The van der Waals surface area contributed by atoms with Gasteiger partial charge in [0.1, 0.15) is 5.52 Å². The molecule has 6 nitrogen and oxygen atoms in total. The molecule has 0 saturated carbocycles. The first-order chi connectivity index (χ1) is 17.8. The van der Waals surface area contributed by atoms with Crippen molar-refractivity contribution in [1.29, 1.82) is 0 Å². The minimum Gasteiger partial charge on any atom is -0.286 e. The van der Waals surface area contributed by atoms with Crippen LogP contribution < -0.4 is 0 Å². The number of likely N-dealkylation sites (tertiary alicyclic amines) is 1. The number of rotatable bonds is 0. The quantitative estimate of drug-likeness (QED) is 0.161. The normalized spacial score (nSPS) is 12.3. The monoisotopic (exact) mass is 530 g/mol. The van der Waals surface area contributed by atoms with Crippen LogP contribution in [0, 0.1) is 51.0 Å². The summed E-state index contributed by atoms with van der Waals surface area (Å²) < 4.78 is 52.4. The number of aryl methyl sites for hydroxylation is 3. The Morgan fingerprint density at radius 3 is 1.39 bits per heavy atom. The lowest BCUT2D eigenvalue weighted by Crippen LogP contribution is -2.23. The van der Waals surface area contributed by atoms with E-state index in [1.165, 1.54) is 23.1 Å². The fourth-order valence-corrected chi connectivity index (χ4v) is 3.16. The van der Waals surface area contributed by atoms with Crippen molar-refractivity contribution >= 4 is 22.8 Å². The van der Waals surface area contributed by atoms with Crippen molar-refractivity contribution in [3.05, 3.63) is 94.1 Å². The number of hydrogen-bond acceptors (Lipinski definition) is 4. The van der Waals surface area contributed by atoms with Crippen molar-refractivity contribution in [2.75, 3.05) is 7.05 Å². The van der Waals surface area contributed by atoms with Crippen molar-refractivity contribution < 1.29 is 27.2 Å². The van der Waals surface area contributed by atoms with E-state index < -0.39 is 34.4 Å². The molecule has 5 rings (SSSR count). The van der Waals surface area contributed by atoms with Crippen molar-refractivity contribution in [2.24, 2.45) is 7.05 Å². The summed E-state index contributed by atoms with van der Waals surface area (Å²) in [7, 11) is 3.40. The second-order valence-corrected chi connectivity index (χ2v) is 8.71. The predicted molar refractivity (Wildman–Crippen MR) is 137 cm³/mol. The number of nitrogens with zero attached hydrogens (tertiary/aromatic N) is 4. The van der Waals surface area contributed by atoms with E-state index in [0.717, 1.165) is 24.9 Å². The second-order valence-electron chi connectivity index (χ2n) is 8.71. The summed E-state index contributed by atoms with van der Waals surface area (Å²) in [6, 6.07) is 16.4. The number of benzene rings is 3. The van der Waals surface area contributed by atoms with Gasteiger partial charge in [0.05, 0.1) is 5.52 Å². The summed E-state index contributed by atoms with van der Waals surface area (Å²) in [5, 5.41) is 7.79. The largest absolute Gasteiger partial charge is 0.286 e. The summed E-state index contributed by atoms with van der Waals surface area (Å²) in [6.45, 7) is 6.16. The van der Waals surface area contributed by atoms with Crippen LogP contribution in [0.3, 0.4) is 0 Å². The van der Waals surface area contributed by atoms with Gasteiger partial charge in [-0.25, -0.2) is 22.2 Å². The van der Waals surface area contributed by atoms with Gasteiger partial charge in [0.25, 0.3) is 0 Å². The number of halogens is 4. The first-order valence-electron chi connectivity index (χ1n) is 11.7. The number of aromatic nitrogens is 3. The van der Waals surface area contributed by atoms with Gasteiger partial charge in [0, 0.05) is 38.1 Å². The zero-order chi connectivity index (χ0) is 28.6. The Morgan fingerprint density at radius 2 is 1.05 bits per heavy atom. The number of imide groups is 1. The van der Waals surface area contributed by atoms with Crippen LogP contribution in [0.2, 0.25) is 0 Å². The lowest BCUT2D eigenvalue weighted by molar-refractivity contribution is -0.136. The molecule has 0 aliphatic carbocycles. The van der Waals surface area contributed by atoms with E-state index in [4.69, 9.17) is 0 Å². The highest BCUT2D eigenvalue weighted by molar-refractivity contribution is 6.01. The molecule has 1 aromatic heterocycles. The Labute approximate surface area is 218 Å². The fourth-order valence-electron chi connectivity index (χ4n) is 3.16. The molecule has 2 heterocycles. The molecule has 38 heavy (non-hydrogen) atoms. The van der Waals surface area contributed by atoms with Crippen LogP contribution in [0.1, 0.15) is 35.1 Å². The topological polar surface area (TPSA) is 68.1 Å². The van der Waals surface area contributed by atoms with Crippen LogP contribution in [-0.2, 0) is 16.6 Å². The summed E-state index contributed by atoms with van der Waals surface area (Å²) in [6.07, 6.45) is 0.796. The van der Waals surface area contributed by atoms with E-state index >= 15 is 0 Å². The molecule has 0 spiro atoms. The highest BCUT2D eigenvalue weighted by Gasteiger charge is 2.24. The molecule has 1 aliphatic heterocycles. The number of carbonyl (C=O) groups excluding carboxylic acids is 2. The number of fused-ring (bicyclic) bond motifs is 1. The van der Waals surface area contributed by atoms with Gasteiger partial charge in [0.2, 0.25) is 11.8 Å². The van der Waals surface area contributed by atoms with E-state index in [9.17, 15) is 27.2 Å². The maximum atomic E-state index is 12.7. The van der Waals surface area contributed by atoms with Gasteiger partial charge in [-0.3, -0.25) is 14.5 Å². The fraction of sp³-hybridized carbons (Fsp3) is 0.286. The summed E-state index contributed by atoms with van der Waals surface area (Å²) >= 11 is 0. The molecule has 1 aliphatic rings. The van der Waals surface area contributed by atoms with Crippen LogP contribution in [0.5, 0.6) is 0 Å². The molecule has 0 unspecified atom stereocenters. The molecule has 3 aromatic carbocycles. The van der Waals surface area contributed by atoms with Crippen molar-refractivity contribution in [2.45, 2.75) is 40.5 Å². The minimum atomic E-state index is -1.33. The molecule has 1 saturated heterocycles. The first kappa shape index (κ1) is 30.1. The van der Waals surface area contributed by atoms with Gasteiger partial charge < -0.3 is 0 Å². The Morgan fingerprint density at radius 1 is 0.658 bits per heavy atom. The average molecular weight is 531 g/mol. The Hall–Kier alpha value is -4.08. The van der Waals surface area contributed by atoms with Crippen molar-refractivity contribution in [3.63, 3.8) is 0 Å². The Bertz CT molecular complexity index is 1280. The van der Waals surface area contributed by atoms with Gasteiger partial charge in [-0.05, 0) is 39.8 Å². The number of amides is 2. The maximum Gasteiger partial charge on any atom is 0.229 e. The SMILES string of the molecule is CN1C(=O)CCC1=O.Cc1c(F)c(F)c(C)c(F)c1F.Cc1ccc(C)cc1.Cn1nnc2ccccc21. The van der Waals surface area contributed by atoms with Gasteiger partial charge in [-0.15, -0.1) is 5.10 Å². The number of hydrogen-bond donors (Lipinski definition) is 0. The van der Waals surface area contributed by atoms with Crippen LogP contribution in [0.25, 0.3) is 11.0 Å². The first-order valence-corrected chi connectivity index (χ1v) is 11.7. The highest BCUT2D eigenvalue weighted by atomic mass is 19.2. The van der Waals surface area contributed by atoms with Gasteiger partial charge in [-0.2, -0.15) is 0 Å². The molecular weight excluding hydrogens is 500 g/mol. The van der Waals surface area contributed by atoms with Crippen LogP contribution in [0.15, 0.2) is 48.5 Å². The molecule has 1 fully saturated rings. The van der Waals surface area contributed by atoms with E-state index in [0.29, 0.717) is 12.8 Å². The second kappa shape index (κ2) is 13.5. The molecule has 0 atom stereocenters. The van der Waals surface area contributed by atoms with E-state index in [2.05, 4.69) is 48.4 Å². The maximum absolute atomic E-state index is 12.7. The smallest absolute Gasteiger partial charge is 0.229 e. The van der Waals surface area contributed by atoms with E-state index in [-0.39, 0.29) is 11.8 Å². The van der Waals surface area contributed by atoms with Gasteiger partial charge in [-0.1, -0.05) is 52.7 Å². The third-order valence-corrected chi connectivity index (χ3v) is 5.74. The third kappa shape index (κ3) is 7.71.